The van der Waals surface area contributed by atoms with Crippen molar-refractivity contribution in [3.05, 3.63) is 75.2 Å². The minimum Gasteiger partial charge on any atom is -0.505 e. The van der Waals surface area contributed by atoms with Gasteiger partial charge < -0.3 is 10.2 Å². The summed E-state index contributed by atoms with van der Waals surface area (Å²) in [5.41, 5.74) is 3.91. The van der Waals surface area contributed by atoms with Crippen LogP contribution in [0.15, 0.2) is 57.5 Å². The summed E-state index contributed by atoms with van der Waals surface area (Å²) in [4.78, 5) is 23.2. The number of hydrogen-bond donors (Lipinski definition) is 3. The van der Waals surface area contributed by atoms with E-state index in [-0.39, 0.29) is 30.0 Å². The van der Waals surface area contributed by atoms with Gasteiger partial charge in [-0.1, -0.05) is 43.3 Å². The van der Waals surface area contributed by atoms with Crippen LogP contribution in [0, 0.1) is 6.92 Å². The fraction of sp³-hybridized carbons (Fsp3) is 0.333. The zero-order valence-electron chi connectivity index (χ0n) is 18.3. The molecule has 0 spiro atoms. The Kier molecular flexibility index (Phi) is 7.59. The number of H-pyrrole nitrogens is 1. The van der Waals surface area contributed by atoms with Crippen LogP contribution in [0.3, 0.4) is 0 Å². The Morgan fingerprint density at radius 2 is 1.72 bits per heavy atom. The first-order valence-corrected chi connectivity index (χ1v) is 10.7. The van der Waals surface area contributed by atoms with Crippen LogP contribution in [0.25, 0.3) is 0 Å². The maximum absolute atomic E-state index is 12.5. The summed E-state index contributed by atoms with van der Waals surface area (Å²) in [6.45, 7) is 4.08. The number of aromatic nitrogens is 2. The number of azo groups is 1. The predicted molar refractivity (Wildman–Crippen MR) is 122 cm³/mol. The Morgan fingerprint density at radius 3 is 2.44 bits per heavy atom. The predicted octanol–water partition coefficient (Wildman–Crippen LogP) is 4.82. The lowest BCUT2D eigenvalue weighted by Crippen LogP contribution is -2.17. The molecule has 168 valence electrons. The highest BCUT2D eigenvalue weighted by Crippen LogP contribution is 2.32. The van der Waals surface area contributed by atoms with Crippen molar-refractivity contribution in [2.24, 2.45) is 10.2 Å². The van der Waals surface area contributed by atoms with Gasteiger partial charge in [-0.3, -0.25) is 19.4 Å². The number of carboxylic acids is 1. The second kappa shape index (κ2) is 10.6. The first-order chi connectivity index (χ1) is 15.4. The van der Waals surface area contributed by atoms with Gasteiger partial charge in [-0.2, -0.15) is 0 Å². The third kappa shape index (κ3) is 5.51. The van der Waals surface area contributed by atoms with Crippen LogP contribution in [0.4, 0.5) is 11.4 Å². The molecule has 0 atom stereocenters. The number of rotatable bonds is 10. The van der Waals surface area contributed by atoms with Crippen molar-refractivity contribution in [1.29, 1.82) is 0 Å². The number of benzene rings is 2. The van der Waals surface area contributed by atoms with E-state index in [1.165, 1.54) is 15.8 Å². The van der Waals surface area contributed by atoms with Crippen molar-refractivity contribution >= 4 is 17.3 Å². The third-order valence-electron chi connectivity index (χ3n) is 5.40. The van der Waals surface area contributed by atoms with Crippen LogP contribution in [-0.2, 0) is 30.6 Å². The van der Waals surface area contributed by atoms with Gasteiger partial charge in [0.25, 0.3) is 5.56 Å². The SMILES string of the molecule is CCc1ccccc1CCc1cccc(N=Nc2c(C)[nH]n(CCCC(=O)O)c2=O)c1O. The lowest BCUT2D eigenvalue weighted by Gasteiger charge is -2.09. The van der Waals surface area contributed by atoms with Crippen molar-refractivity contribution in [2.45, 2.75) is 52.5 Å². The zero-order chi connectivity index (χ0) is 23.1. The minimum absolute atomic E-state index is 0.0231. The molecule has 3 rings (SSSR count). The number of para-hydroxylation sites is 1. The molecule has 3 aromatic rings. The molecule has 0 unspecified atom stereocenters. The molecule has 0 saturated carbocycles. The number of nitrogens with zero attached hydrogens (tertiary/aromatic N) is 3. The Labute approximate surface area is 186 Å². The number of phenolic OH excluding ortho intramolecular Hbond substituents is 1. The standard InChI is InChI=1S/C24H28N4O4/c1-3-17-8-4-5-9-18(17)13-14-19-10-6-11-20(23(19)31)25-26-22-16(2)27-28(24(22)32)15-7-12-21(29)30/h4-6,8-11,27,31H,3,7,12-15H2,1-2H3,(H,29,30). The van der Waals surface area contributed by atoms with E-state index in [9.17, 15) is 14.7 Å². The maximum Gasteiger partial charge on any atom is 0.303 e. The monoisotopic (exact) mass is 436 g/mol. The van der Waals surface area contributed by atoms with Crippen LogP contribution < -0.4 is 5.56 Å². The molecule has 0 aliphatic rings. The first-order valence-electron chi connectivity index (χ1n) is 10.7. The summed E-state index contributed by atoms with van der Waals surface area (Å²) in [6, 6.07) is 13.6. The Morgan fingerprint density at radius 1 is 1.03 bits per heavy atom. The molecule has 32 heavy (non-hydrogen) atoms. The highest BCUT2D eigenvalue weighted by Gasteiger charge is 2.12. The van der Waals surface area contributed by atoms with Crippen molar-refractivity contribution in [3.63, 3.8) is 0 Å². The molecular weight excluding hydrogens is 408 g/mol. The molecule has 1 aromatic heterocycles. The van der Waals surface area contributed by atoms with Crippen LogP contribution in [0.2, 0.25) is 0 Å². The highest BCUT2D eigenvalue weighted by atomic mass is 16.4. The van der Waals surface area contributed by atoms with Gasteiger partial charge in [-0.05, 0) is 55.4 Å². The average Bonchev–Trinajstić information content (AvgIpc) is 3.04. The van der Waals surface area contributed by atoms with E-state index in [4.69, 9.17) is 5.11 Å². The normalized spacial score (nSPS) is 11.3. The molecule has 2 aromatic carbocycles. The largest absolute Gasteiger partial charge is 0.505 e. The highest BCUT2D eigenvalue weighted by molar-refractivity contribution is 5.66. The molecule has 8 heteroatoms. The number of aryl methyl sites for hydroxylation is 5. The fourth-order valence-corrected chi connectivity index (χ4v) is 3.64. The summed E-state index contributed by atoms with van der Waals surface area (Å²) in [7, 11) is 0. The molecule has 3 N–H and O–H groups in total. The Hall–Kier alpha value is -3.68. The molecule has 0 radical (unpaired) electrons. The topological polar surface area (TPSA) is 120 Å². The van der Waals surface area contributed by atoms with E-state index in [0.29, 0.717) is 24.2 Å². The maximum atomic E-state index is 12.5. The van der Waals surface area contributed by atoms with Gasteiger partial charge in [0.2, 0.25) is 0 Å². The number of aromatic hydroxyl groups is 1. The third-order valence-corrected chi connectivity index (χ3v) is 5.40. The first kappa shape index (κ1) is 23.0. The molecule has 0 bridgehead atoms. The zero-order valence-corrected chi connectivity index (χ0v) is 18.3. The summed E-state index contributed by atoms with van der Waals surface area (Å²) in [5.74, 6) is -0.852. The number of hydrogen-bond acceptors (Lipinski definition) is 5. The van der Waals surface area contributed by atoms with Gasteiger partial charge in [0.15, 0.2) is 5.69 Å². The number of carbonyl (C=O) groups is 1. The van der Waals surface area contributed by atoms with Crippen molar-refractivity contribution < 1.29 is 15.0 Å². The fourth-order valence-electron chi connectivity index (χ4n) is 3.64. The van der Waals surface area contributed by atoms with E-state index < -0.39 is 5.97 Å². The second-order valence-electron chi connectivity index (χ2n) is 7.65. The molecule has 0 aliphatic carbocycles. The Bertz CT molecular complexity index is 1180. The van der Waals surface area contributed by atoms with Crippen LogP contribution in [0.5, 0.6) is 5.75 Å². The van der Waals surface area contributed by atoms with E-state index in [1.807, 2.05) is 24.3 Å². The van der Waals surface area contributed by atoms with E-state index in [2.05, 4.69) is 34.4 Å². The summed E-state index contributed by atoms with van der Waals surface area (Å²) in [5, 5.41) is 30.5. The second-order valence-corrected chi connectivity index (χ2v) is 7.65. The van der Waals surface area contributed by atoms with Gasteiger partial charge in [0, 0.05) is 13.0 Å². The number of phenols is 1. The molecule has 0 aliphatic heterocycles. The number of aromatic amines is 1. The molecule has 1 heterocycles. The summed E-state index contributed by atoms with van der Waals surface area (Å²) < 4.78 is 1.33. The van der Waals surface area contributed by atoms with Crippen molar-refractivity contribution in [1.82, 2.24) is 9.78 Å². The average molecular weight is 437 g/mol. The van der Waals surface area contributed by atoms with Crippen LogP contribution in [0.1, 0.15) is 42.1 Å². The lowest BCUT2D eigenvalue weighted by molar-refractivity contribution is -0.137. The van der Waals surface area contributed by atoms with Gasteiger partial charge in [-0.15, -0.1) is 10.2 Å². The van der Waals surface area contributed by atoms with Gasteiger partial charge in [0.1, 0.15) is 11.4 Å². The summed E-state index contributed by atoms with van der Waals surface area (Å²) >= 11 is 0. The quantitative estimate of drug-likeness (QED) is 0.395. The molecule has 0 amide bonds. The minimum atomic E-state index is -0.908. The summed E-state index contributed by atoms with van der Waals surface area (Å²) in [6.07, 6.45) is 2.72. The van der Waals surface area contributed by atoms with Gasteiger partial charge in [0.05, 0.1) is 5.69 Å². The van der Waals surface area contributed by atoms with Crippen LogP contribution in [-0.4, -0.2) is 26.0 Å². The number of carboxylic acid groups (broad SMARTS) is 1. The van der Waals surface area contributed by atoms with Crippen molar-refractivity contribution in [3.8, 4) is 5.75 Å². The number of aliphatic carboxylic acids is 1. The van der Waals surface area contributed by atoms with E-state index >= 15 is 0 Å². The van der Waals surface area contributed by atoms with E-state index in [1.54, 1.807) is 13.0 Å². The molecule has 8 nitrogen and oxygen atoms in total. The molecular formula is C24H28N4O4. The van der Waals surface area contributed by atoms with Crippen LogP contribution >= 0.6 is 0 Å². The smallest absolute Gasteiger partial charge is 0.303 e. The van der Waals surface area contributed by atoms with Gasteiger partial charge >= 0.3 is 5.97 Å². The molecule has 0 saturated heterocycles. The number of nitrogens with one attached hydrogen (secondary N) is 1. The Balaban J connectivity index is 1.75. The lowest BCUT2D eigenvalue weighted by atomic mass is 9.98. The molecule has 0 fully saturated rings. The van der Waals surface area contributed by atoms with Crippen molar-refractivity contribution in [2.75, 3.05) is 0 Å². The van der Waals surface area contributed by atoms with E-state index in [0.717, 1.165) is 18.4 Å². The van der Waals surface area contributed by atoms with Gasteiger partial charge in [-0.25, -0.2) is 0 Å².